The quantitative estimate of drug-likeness (QED) is 0.717. The lowest BCUT2D eigenvalue weighted by Crippen LogP contribution is -2.32. The summed E-state index contributed by atoms with van der Waals surface area (Å²) in [6.07, 6.45) is 0. The predicted octanol–water partition coefficient (Wildman–Crippen LogP) is 4.37. The number of hydrogen-bond acceptors (Lipinski definition) is 3. The minimum absolute atomic E-state index is 0.0932. The Morgan fingerprint density at radius 3 is 2.76 bits per heavy atom. The van der Waals surface area contributed by atoms with Crippen LogP contribution in [0.3, 0.4) is 0 Å². The zero-order chi connectivity index (χ0) is 18.0. The molecule has 0 saturated carbocycles. The van der Waals surface area contributed by atoms with Gasteiger partial charge in [0.15, 0.2) is 0 Å². The summed E-state index contributed by atoms with van der Waals surface area (Å²) in [7, 11) is 0. The number of hydrogen-bond donors (Lipinski definition) is 1. The molecule has 4 nitrogen and oxygen atoms in total. The molecular formula is C18H17ClFN3OS. The van der Waals surface area contributed by atoms with Gasteiger partial charge in [0.1, 0.15) is 5.82 Å². The number of nitrogens with one attached hydrogen (secondary N) is 1. The van der Waals surface area contributed by atoms with E-state index in [0.717, 1.165) is 23.0 Å². The molecule has 3 aromatic rings. The molecule has 25 heavy (non-hydrogen) atoms. The number of benzene rings is 1. The summed E-state index contributed by atoms with van der Waals surface area (Å²) in [5.41, 5.74) is 3.26. The number of carbonyl (C=O) groups excluding carboxylic acids is 1. The van der Waals surface area contributed by atoms with Crippen LogP contribution in [0.1, 0.15) is 33.4 Å². The summed E-state index contributed by atoms with van der Waals surface area (Å²) in [4.78, 5) is 12.4. The maximum absolute atomic E-state index is 13.2. The first-order chi connectivity index (χ1) is 12.0. The fourth-order valence-electron chi connectivity index (χ4n) is 2.73. The van der Waals surface area contributed by atoms with E-state index in [9.17, 15) is 9.18 Å². The molecule has 1 aromatic carbocycles. The predicted molar refractivity (Wildman–Crippen MR) is 97.9 cm³/mol. The van der Waals surface area contributed by atoms with Gasteiger partial charge in [-0.15, -0.1) is 0 Å². The summed E-state index contributed by atoms with van der Waals surface area (Å²) in [6, 6.07) is 7.63. The van der Waals surface area contributed by atoms with E-state index in [1.165, 1.54) is 12.1 Å². The SMILES string of the molecule is Cc1cc(C)n([C@H](CNC(=O)c2ccc(F)cc2Cl)c2ccsc2)n1. The van der Waals surface area contributed by atoms with Gasteiger partial charge in [0.25, 0.3) is 5.91 Å². The molecule has 3 rings (SSSR count). The lowest BCUT2D eigenvalue weighted by Gasteiger charge is -2.19. The largest absolute Gasteiger partial charge is 0.349 e. The van der Waals surface area contributed by atoms with Crippen LogP contribution in [0.4, 0.5) is 4.39 Å². The number of aryl methyl sites for hydroxylation is 2. The first-order valence-corrected chi connectivity index (χ1v) is 9.06. The normalized spacial score (nSPS) is 12.2. The van der Waals surface area contributed by atoms with Crippen molar-refractivity contribution in [2.45, 2.75) is 19.9 Å². The topological polar surface area (TPSA) is 46.9 Å². The average molecular weight is 378 g/mol. The van der Waals surface area contributed by atoms with E-state index in [-0.39, 0.29) is 22.5 Å². The van der Waals surface area contributed by atoms with Crippen molar-refractivity contribution in [3.63, 3.8) is 0 Å². The highest BCUT2D eigenvalue weighted by Gasteiger charge is 2.20. The third kappa shape index (κ3) is 3.91. The van der Waals surface area contributed by atoms with Crippen LogP contribution in [-0.2, 0) is 0 Å². The van der Waals surface area contributed by atoms with Crippen LogP contribution in [0.15, 0.2) is 41.1 Å². The molecule has 2 aromatic heterocycles. The van der Waals surface area contributed by atoms with Crippen LogP contribution in [0, 0.1) is 19.7 Å². The first kappa shape index (κ1) is 17.6. The molecule has 1 atom stereocenters. The fraction of sp³-hybridized carbons (Fsp3) is 0.222. The van der Waals surface area contributed by atoms with E-state index in [2.05, 4.69) is 10.4 Å². The van der Waals surface area contributed by atoms with E-state index >= 15 is 0 Å². The van der Waals surface area contributed by atoms with Crippen molar-refractivity contribution in [2.24, 2.45) is 0 Å². The second-order valence-electron chi connectivity index (χ2n) is 5.78. The lowest BCUT2D eigenvalue weighted by molar-refractivity contribution is 0.0949. The molecule has 0 aliphatic carbocycles. The standard InChI is InChI=1S/C18H17ClFN3OS/c1-11-7-12(2)23(22-11)17(13-5-6-25-10-13)9-21-18(24)15-4-3-14(20)8-16(15)19/h3-8,10,17H,9H2,1-2H3,(H,21,24)/t17-/m1/s1. The van der Waals surface area contributed by atoms with Gasteiger partial charge in [-0.3, -0.25) is 9.48 Å². The average Bonchev–Trinajstić information content (AvgIpc) is 3.18. The van der Waals surface area contributed by atoms with Gasteiger partial charge in [-0.1, -0.05) is 11.6 Å². The van der Waals surface area contributed by atoms with Gasteiger partial charge in [0, 0.05) is 12.2 Å². The molecule has 0 fully saturated rings. The lowest BCUT2D eigenvalue weighted by atomic mass is 10.1. The monoisotopic (exact) mass is 377 g/mol. The molecule has 0 aliphatic heterocycles. The number of amides is 1. The Kier molecular flexibility index (Phi) is 5.20. The Balaban J connectivity index is 1.82. The van der Waals surface area contributed by atoms with Crippen molar-refractivity contribution in [2.75, 3.05) is 6.54 Å². The maximum atomic E-state index is 13.2. The molecule has 2 heterocycles. The molecule has 0 saturated heterocycles. The highest BCUT2D eigenvalue weighted by molar-refractivity contribution is 7.08. The number of rotatable bonds is 5. The smallest absolute Gasteiger partial charge is 0.252 e. The van der Waals surface area contributed by atoms with Crippen LogP contribution in [0.2, 0.25) is 5.02 Å². The Bertz CT molecular complexity index is 892. The highest BCUT2D eigenvalue weighted by atomic mass is 35.5. The highest BCUT2D eigenvalue weighted by Crippen LogP contribution is 2.23. The summed E-state index contributed by atoms with van der Waals surface area (Å²) >= 11 is 7.56. The van der Waals surface area contributed by atoms with Crippen LogP contribution < -0.4 is 5.32 Å². The Morgan fingerprint density at radius 1 is 1.36 bits per heavy atom. The molecule has 0 radical (unpaired) electrons. The number of thiophene rings is 1. The zero-order valence-electron chi connectivity index (χ0n) is 13.8. The van der Waals surface area contributed by atoms with Crippen LogP contribution in [0.5, 0.6) is 0 Å². The summed E-state index contributed by atoms with van der Waals surface area (Å²) in [5.74, 6) is -0.813. The molecule has 0 unspecified atom stereocenters. The third-order valence-electron chi connectivity index (χ3n) is 3.90. The minimum Gasteiger partial charge on any atom is -0.349 e. The van der Waals surface area contributed by atoms with Crippen molar-refractivity contribution in [3.8, 4) is 0 Å². The van der Waals surface area contributed by atoms with Crippen molar-refractivity contribution in [3.05, 3.63) is 74.4 Å². The Hall–Kier alpha value is -2.18. The van der Waals surface area contributed by atoms with E-state index in [4.69, 9.17) is 11.6 Å². The van der Waals surface area contributed by atoms with Gasteiger partial charge >= 0.3 is 0 Å². The van der Waals surface area contributed by atoms with Gasteiger partial charge in [0.2, 0.25) is 0 Å². The van der Waals surface area contributed by atoms with Gasteiger partial charge in [0.05, 0.1) is 22.3 Å². The number of nitrogens with zero attached hydrogens (tertiary/aromatic N) is 2. The second kappa shape index (κ2) is 7.37. The minimum atomic E-state index is -0.472. The molecule has 130 valence electrons. The Morgan fingerprint density at radius 2 is 2.16 bits per heavy atom. The third-order valence-corrected chi connectivity index (χ3v) is 4.91. The van der Waals surface area contributed by atoms with Gasteiger partial charge in [-0.05, 0) is 60.5 Å². The number of carbonyl (C=O) groups is 1. The van der Waals surface area contributed by atoms with Gasteiger partial charge in [-0.25, -0.2) is 4.39 Å². The molecular weight excluding hydrogens is 361 g/mol. The van der Waals surface area contributed by atoms with Crippen molar-refractivity contribution < 1.29 is 9.18 Å². The van der Waals surface area contributed by atoms with Crippen LogP contribution in [-0.4, -0.2) is 22.2 Å². The van der Waals surface area contributed by atoms with Crippen molar-refractivity contribution in [1.82, 2.24) is 15.1 Å². The molecule has 1 amide bonds. The van der Waals surface area contributed by atoms with E-state index in [1.54, 1.807) is 11.3 Å². The second-order valence-corrected chi connectivity index (χ2v) is 6.97. The maximum Gasteiger partial charge on any atom is 0.252 e. The van der Waals surface area contributed by atoms with Gasteiger partial charge < -0.3 is 5.32 Å². The first-order valence-electron chi connectivity index (χ1n) is 7.74. The van der Waals surface area contributed by atoms with Crippen LogP contribution in [0.25, 0.3) is 0 Å². The summed E-state index contributed by atoms with van der Waals surface area (Å²) in [5, 5.41) is 11.5. The molecule has 0 aliphatic rings. The van der Waals surface area contributed by atoms with E-state index in [0.29, 0.717) is 6.54 Å². The molecule has 7 heteroatoms. The Labute approximate surface area is 154 Å². The summed E-state index contributed by atoms with van der Waals surface area (Å²) < 4.78 is 15.1. The number of halogens is 2. The summed E-state index contributed by atoms with van der Waals surface area (Å²) in [6.45, 7) is 4.27. The number of aromatic nitrogens is 2. The zero-order valence-corrected chi connectivity index (χ0v) is 15.4. The van der Waals surface area contributed by atoms with E-state index < -0.39 is 5.82 Å². The van der Waals surface area contributed by atoms with Crippen LogP contribution >= 0.6 is 22.9 Å². The van der Waals surface area contributed by atoms with Crippen molar-refractivity contribution >= 4 is 28.8 Å². The molecule has 0 spiro atoms. The van der Waals surface area contributed by atoms with E-state index in [1.807, 2.05) is 41.4 Å². The fourth-order valence-corrected chi connectivity index (χ4v) is 3.69. The van der Waals surface area contributed by atoms with Crippen molar-refractivity contribution in [1.29, 1.82) is 0 Å². The van der Waals surface area contributed by atoms with Gasteiger partial charge in [-0.2, -0.15) is 16.4 Å². The molecule has 1 N–H and O–H groups in total. The molecule has 0 bridgehead atoms.